The molecule has 2 aromatic rings. The molecule has 1 heterocycles. The molecule has 0 aliphatic heterocycles. The molecule has 1 aromatic carbocycles. The first-order valence-electron chi connectivity index (χ1n) is 4.79. The predicted molar refractivity (Wildman–Crippen MR) is 74.3 cm³/mol. The highest BCUT2D eigenvalue weighted by atomic mass is 35.5. The summed E-state index contributed by atoms with van der Waals surface area (Å²) in [6.07, 6.45) is 0. The van der Waals surface area contributed by atoms with Crippen LogP contribution >= 0.6 is 46.4 Å². The van der Waals surface area contributed by atoms with Crippen molar-refractivity contribution in [2.75, 3.05) is 5.32 Å². The van der Waals surface area contributed by atoms with Crippen LogP contribution < -0.4 is 5.32 Å². The molecule has 98 valence electrons. The van der Waals surface area contributed by atoms with Crippen molar-refractivity contribution in [1.29, 1.82) is 0 Å². The topological polar surface area (TPSA) is 67.8 Å². The lowest BCUT2D eigenvalue weighted by atomic mass is 10.2. The zero-order valence-electron chi connectivity index (χ0n) is 8.99. The van der Waals surface area contributed by atoms with E-state index in [-0.39, 0.29) is 27.1 Å². The maximum absolute atomic E-state index is 11.9. The summed E-state index contributed by atoms with van der Waals surface area (Å²) in [5.74, 6) is -0.582. The Morgan fingerprint density at radius 1 is 1.00 bits per heavy atom. The molecule has 2 rings (SSSR count). The number of carbonyl (C=O) groups excluding carboxylic acids is 1. The minimum absolute atomic E-state index is 0.0685. The van der Waals surface area contributed by atoms with Crippen LogP contribution in [0.5, 0.6) is 0 Å². The van der Waals surface area contributed by atoms with Crippen molar-refractivity contribution in [3.63, 3.8) is 0 Å². The van der Waals surface area contributed by atoms with Crippen molar-refractivity contribution in [2.45, 2.75) is 0 Å². The number of aromatic nitrogens is 3. The number of nitrogens with zero attached hydrogens (tertiary/aromatic N) is 3. The van der Waals surface area contributed by atoms with Gasteiger partial charge in [-0.3, -0.25) is 10.1 Å². The number of carbonyl (C=O) groups is 1. The molecule has 1 aromatic heterocycles. The highest BCUT2D eigenvalue weighted by Crippen LogP contribution is 2.21. The Morgan fingerprint density at radius 2 is 1.63 bits per heavy atom. The van der Waals surface area contributed by atoms with Gasteiger partial charge < -0.3 is 0 Å². The van der Waals surface area contributed by atoms with Crippen LogP contribution in [0.15, 0.2) is 18.2 Å². The highest BCUT2D eigenvalue weighted by molar-refractivity contribution is 6.37. The van der Waals surface area contributed by atoms with E-state index < -0.39 is 5.91 Å². The van der Waals surface area contributed by atoms with Crippen LogP contribution in [0.2, 0.25) is 20.6 Å². The van der Waals surface area contributed by atoms with Crippen LogP contribution in [0.25, 0.3) is 0 Å². The van der Waals surface area contributed by atoms with E-state index >= 15 is 0 Å². The Balaban J connectivity index is 2.25. The first-order chi connectivity index (χ1) is 8.95. The lowest BCUT2D eigenvalue weighted by Gasteiger charge is -2.05. The molecule has 19 heavy (non-hydrogen) atoms. The molecule has 0 saturated carbocycles. The van der Waals surface area contributed by atoms with Crippen molar-refractivity contribution in [3.05, 3.63) is 44.4 Å². The SMILES string of the molecule is O=C(Nc1nc(Cl)nc(Cl)n1)c1ccc(Cl)cc1Cl. The molecule has 0 aliphatic rings. The van der Waals surface area contributed by atoms with E-state index in [1.165, 1.54) is 18.2 Å². The zero-order valence-corrected chi connectivity index (χ0v) is 12.0. The number of hydrogen-bond acceptors (Lipinski definition) is 4. The van der Waals surface area contributed by atoms with Gasteiger partial charge in [0.15, 0.2) is 0 Å². The van der Waals surface area contributed by atoms with E-state index in [2.05, 4.69) is 20.3 Å². The number of nitrogens with one attached hydrogen (secondary N) is 1. The van der Waals surface area contributed by atoms with Gasteiger partial charge in [-0.25, -0.2) is 0 Å². The summed E-state index contributed by atoms with van der Waals surface area (Å²) in [7, 11) is 0. The van der Waals surface area contributed by atoms with Crippen molar-refractivity contribution in [2.24, 2.45) is 0 Å². The summed E-state index contributed by atoms with van der Waals surface area (Å²) in [4.78, 5) is 22.9. The first-order valence-corrected chi connectivity index (χ1v) is 6.30. The van der Waals surface area contributed by atoms with Crippen molar-refractivity contribution in [1.82, 2.24) is 15.0 Å². The molecule has 5 nitrogen and oxygen atoms in total. The average Bonchev–Trinajstić information content (AvgIpc) is 2.26. The van der Waals surface area contributed by atoms with Gasteiger partial charge >= 0.3 is 0 Å². The quantitative estimate of drug-likeness (QED) is 0.906. The Labute approximate surface area is 127 Å². The zero-order chi connectivity index (χ0) is 14.0. The fourth-order valence-corrected chi connectivity index (χ4v) is 2.08. The minimum Gasteiger partial charge on any atom is -0.290 e. The molecule has 9 heteroatoms. The van der Waals surface area contributed by atoms with Crippen molar-refractivity contribution in [3.8, 4) is 0 Å². The summed E-state index contributed by atoms with van der Waals surface area (Å²) in [5.41, 5.74) is 0.221. The predicted octanol–water partition coefficient (Wildman–Crippen LogP) is 3.74. The van der Waals surface area contributed by atoms with E-state index in [0.717, 1.165) is 0 Å². The summed E-state index contributed by atoms with van der Waals surface area (Å²) >= 11 is 22.8. The van der Waals surface area contributed by atoms with E-state index in [9.17, 15) is 4.79 Å². The third-order valence-corrected chi connectivity index (χ3v) is 2.87. The third-order valence-electron chi connectivity index (χ3n) is 1.98. The number of rotatable bonds is 2. The van der Waals surface area contributed by atoms with Gasteiger partial charge in [-0.1, -0.05) is 23.2 Å². The van der Waals surface area contributed by atoms with E-state index in [1.54, 1.807) is 0 Å². The molecule has 0 unspecified atom stereocenters. The van der Waals surface area contributed by atoms with Gasteiger partial charge in [-0.15, -0.1) is 0 Å². The maximum atomic E-state index is 11.9. The lowest BCUT2D eigenvalue weighted by Crippen LogP contribution is -2.15. The lowest BCUT2D eigenvalue weighted by molar-refractivity contribution is 0.102. The van der Waals surface area contributed by atoms with Crippen molar-refractivity contribution >= 4 is 58.3 Å². The molecule has 0 bridgehead atoms. The van der Waals surface area contributed by atoms with Crippen LogP contribution in [0.4, 0.5) is 5.95 Å². The van der Waals surface area contributed by atoms with E-state index in [1.807, 2.05) is 0 Å². The molecule has 0 radical (unpaired) electrons. The summed E-state index contributed by atoms with van der Waals surface area (Å²) in [6.45, 7) is 0. The Bertz CT molecular complexity index is 629. The maximum Gasteiger partial charge on any atom is 0.259 e. The van der Waals surface area contributed by atoms with Crippen LogP contribution in [0, 0.1) is 0 Å². The summed E-state index contributed by atoms with van der Waals surface area (Å²) < 4.78 is 0. The van der Waals surface area contributed by atoms with E-state index in [0.29, 0.717) is 5.02 Å². The monoisotopic (exact) mass is 336 g/mol. The second-order valence-electron chi connectivity index (χ2n) is 3.28. The van der Waals surface area contributed by atoms with Gasteiger partial charge in [-0.05, 0) is 41.4 Å². The molecule has 0 aliphatic carbocycles. The number of amides is 1. The molecule has 0 saturated heterocycles. The molecular formula is C10H4Cl4N4O. The molecule has 1 N–H and O–H groups in total. The number of halogens is 4. The minimum atomic E-state index is -0.514. The third kappa shape index (κ3) is 3.67. The van der Waals surface area contributed by atoms with Gasteiger partial charge in [0.05, 0.1) is 10.6 Å². The molecule has 0 atom stereocenters. The first kappa shape index (κ1) is 14.3. The normalized spacial score (nSPS) is 10.3. The number of hydrogen-bond donors (Lipinski definition) is 1. The number of benzene rings is 1. The van der Waals surface area contributed by atoms with Crippen LogP contribution in [-0.2, 0) is 0 Å². The van der Waals surface area contributed by atoms with Crippen molar-refractivity contribution < 1.29 is 4.79 Å². The molecule has 0 spiro atoms. The smallest absolute Gasteiger partial charge is 0.259 e. The van der Waals surface area contributed by atoms with Gasteiger partial charge in [0.1, 0.15) is 0 Å². The Hall–Kier alpha value is -1.14. The molecule has 0 fully saturated rings. The highest BCUT2D eigenvalue weighted by Gasteiger charge is 2.13. The summed E-state index contributed by atoms with van der Waals surface area (Å²) in [6, 6.07) is 4.46. The fraction of sp³-hybridized carbons (Fsp3) is 0. The fourth-order valence-electron chi connectivity index (χ4n) is 1.22. The largest absolute Gasteiger partial charge is 0.290 e. The van der Waals surface area contributed by atoms with Crippen LogP contribution in [0.1, 0.15) is 10.4 Å². The molecular weight excluding hydrogens is 334 g/mol. The Kier molecular flexibility index (Phi) is 4.42. The molecule has 1 amide bonds. The second kappa shape index (κ2) is 5.88. The van der Waals surface area contributed by atoms with Gasteiger partial charge in [0, 0.05) is 5.02 Å². The average molecular weight is 338 g/mol. The Morgan fingerprint density at radius 3 is 2.21 bits per heavy atom. The second-order valence-corrected chi connectivity index (χ2v) is 4.80. The number of anilines is 1. The standard InChI is InChI=1S/C10H4Cl4N4O/c11-4-1-2-5(6(12)3-4)7(19)15-10-17-8(13)16-9(14)18-10/h1-3H,(H,15,16,17,18,19). The summed E-state index contributed by atoms with van der Waals surface area (Å²) in [5, 5.41) is 2.78. The van der Waals surface area contributed by atoms with Gasteiger partial charge in [-0.2, -0.15) is 15.0 Å². The van der Waals surface area contributed by atoms with Gasteiger partial charge in [0.25, 0.3) is 5.91 Å². The van der Waals surface area contributed by atoms with E-state index in [4.69, 9.17) is 46.4 Å². The van der Waals surface area contributed by atoms with Crippen LogP contribution in [0.3, 0.4) is 0 Å². The van der Waals surface area contributed by atoms with Crippen LogP contribution in [-0.4, -0.2) is 20.9 Å². The van der Waals surface area contributed by atoms with Gasteiger partial charge in [0.2, 0.25) is 16.5 Å².